The average Bonchev–Trinajstić information content (AvgIpc) is 2.48. The van der Waals surface area contributed by atoms with E-state index in [1.54, 1.807) is 0 Å². The van der Waals surface area contributed by atoms with Crippen LogP contribution in [-0.2, 0) is 22.1 Å². The van der Waals surface area contributed by atoms with Crippen LogP contribution in [0, 0.1) is 0 Å². The lowest BCUT2D eigenvalue weighted by Gasteiger charge is -2.18. The van der Waals surface area contributed by atoms with Gasteiger partial charge in [0.2, 0.25) is 0 Å². The van der Waals surface area contributed by atoms with E-state index in [1.807, 2.05) is 24.3 Å². The molecular weight excluding hydrogens is 190 g/mol. The molecule has 2 rings (SSSR count). The first-order valence-electron chi connectivity index (χ1n) is 3.90. The summed E-state index contributed by atoms with van der Waals surface area (Å²) in [7, 11) is 0. The molecule has 1 unspecified atom stereocenters. The fourth-order valence-electron chi connectivity index (χ4n) is 1.46. The van der Waals surface area contributed by atoms with Crippen molar-refractivity contribution in [2.24, 2.45) is 0 Å². The molecule has 1 aromatic rings. The minimum absolute atomic E-state index is 0.591. The quantitative estimate of drug-likeness (QED) is 0.659. The monoisotopic (exact) mass is 198 g/mol. The van der Waals surface area contributed by atoms with Crippen LogP contribution in [-0.4, -0.2) is 15.3 Å². The van der Waals surface area contributed by atoms with Crippen LogP contribution in [0.5, 0.6) is 0 Å². The normalized spacial score (nSPS) is 17.2. The Kier molecular flexibility index (Phi) is 2.30. The molecule has 0 radical (unpaired) electrons. The zero-order chi connectivity index (χ0) is 9.26. The maximum Gasteiger partial charge on any atom is 0.112 e. The van der Waals surface area contributed by atoms with Gasteiger partial charge in [-0.25, -0.2) is 9.27 Å². The van der Waals surface area contributed by atoms with Crippen molar-refractivity contribution < 1.29 is 13.0 Å². The summed E-state index contributed by atoms with van der Waals surface area (Å²) in [6.45, 7) is 0.591. The average molecular weight is 198 g/mol. The van der Waals surface area contributed by atoms with Crippen molar-refractivity contribution in [2.45, 2.75) is 6.42 Å². The second kappa shape index (κ2) is 3.45. The molecule has 0 saturated carbocycles. The third kappa shape index (κ3) is 1.72. The maximum absolute atomic E-state index is 10.3. The molecule has 0 saturated heterocycles. The van der Waals surface area contributed by atoms with E-state index in [1.165, 1.54) is 5.06 Å². The summed E-state index contributed by atoms with van der Waals surface area (Å²) >= 11 is -2.49. The van der Waals surface area contributed by atoms with E-state index >= 15 is 0 Å². The van der Waals surface area contributed by atoms with Gasteiger partial charge in [-0.05, 0) is 18.1 Å². The van der Waals surface area contributed by atoms with Crippen molar-refractivity contribution in [3.05, 3.63) is 29.8 Å². The number of fused-ring (bicyclic) bond motifs is 1. The van der Waals surface area contributed by atoms with E-state index in [-0.39, 0.29) is 0 Å². The Bertz CT molecular complexity index is 342. The van der Waals surface area contributed by atoms with Crippen LogP contribution in [0.3, 0.4) is 0 Å². The smallest absolute Gasteiger partial charge is 0.112 e. The van der Waals surface area contributed by atoms with Crippen LogP contribution in [0.25, 0.3) is 0 Å². The van der Waals surface area contributed by atoms with Crippen molar-refractivity contribution in [1.29, 1.82) is 0 Å². The fraction of sp³-hybridized carbons (Fsp3) is 0.250. The highest BCUT2D eigenvalue weighted by atomic mass is 32.2. The molecule has 0 aromatic heterocycles. The van der Waals surface area contributed by atoms with Crippen LogP contribution in [0.1, 0.15) is 5.56 Å². The molecule has 4 nitrogen and oxygen atoms in total. The topological polar surface area (TPSA) is 52.6 Å². The lowest BCUT2D eigenvalue weighted by Crippen LogP contribution is -2.21. The SMILES string of the molecule is O=S([O-])ON1CCc2ccccc21. The summed E-state index contributed by atoms with van der Waals surface area (Å²) in [4.78, 5) is 0. The molecule has 0 N–H and O–H groups in total. The van der Waals surface area contributed by atoms with Gasteiger partial charge in [-0.3, -0.25) is 0 Å². The van der Waals surface area contributed by atoms with Crippen LogP contribution in [0.15, 0.2) is 24.3 Å². The highest BCUT2D eigenvalue weighted by Crippen LogP contribution is 2.27. The number of hydroxylamine groups is 1. The van der Waals surface area contributed by atoms with Crippen molar-refractivity contribution in [3.8, 4) is 0 Å². The summed E-state index contributed by atoms with van der Waals surface area (Å²) in [5, 5.41) is 1.39. The second-order valence-electron chi connectivity index (χ2n) is 2.76. The van der Waals surface area contributed by atoms with Gasteiger partial charge < -0.3 is 4.55 Å². The van der Waals surface area contributed by atoms with Gasteiger partial charge in [0.1, 0.15) is 11.4 Å². The van der Waals surface area contributed by atoms with Crippen molar-refractivity contribution in [3.63, 3.8) is 0 Å². The number of rotatable bonds is 2. The standard InChI is InChI=1S/C8H9NO3S/c10-13(11)12-9-6-5-7-3-1-2-4-8(7)9/h1-4H,5-6H2,(H,10,11)/p-1. The third-order valence-corrected chi connectivity index (χ3v) is 2.30. The maximum atomic E-state index is 10.3. The number of para-hydroxylation sites is 1. The van der Waals surface area contributed by atoms with Crippen molar-refractivity contribution >= 4 is 17.0 Å². The number of hydrogen-bond acceptors (Lipinski definition) is 4. The predicted molar refractivity (Wildman–Crippen MR) is 47.5 cm³/mol. The number of anilines is 1. The summed E-state index contributed by atoms with van der Waals surface area (Å²) in [6, 6.07) is 7.59. The van der Waals surface area contributed by atoms with Crippen LogP contribution >= 0.6 is 0 Å². The van der Waals surface area contributed by atoms with E-state index in [9.17, 15) is 8.76 Å². The minimum Gasteiger partial charge on any atom is -0.748 e. The van der Waals surface area contributed by atoms with E-state index in [4.69, 9.17) is 0 Å². The van der Waals surface area contributed by atoms with Gasteiger partial charge >= 0.3 is 0 Å². The van der Waals surface area contributed by atoms with E-state index < -0.39 is 11.4 Å². The summed E-state index contributed by atoms with van der Waals surface area (Å²) in [5.41, 5.74) is 1.96. The van der Waals surface area contributed by atoms with Crippen molar-refractivity contribution in [2.75, 3.05) is 11.6 Å². The Morgan fingerprint density at radius 2 is 2.23 bits per heavy atom. The molecule has 1 aromatic carbocycles. The molecule has 70 valence electrons. The van der Waals surface area contributed by atoms with Gasteiger partial charge in [-0.1, -0.05) is 18.2 Å². The zero-order valence-electron chi connectivity index (χ0n) is 6.80. The lowest BCUT2D eigenvalue weighted by molar-refractivity contribution is 0.277. The molecule has 0 fully saturated rings. The highest BCUT2D eigenvalue weighted by molar-refractivity contribution is 7.74. The Morgan fingerprint density at radius 3 is 3.00 bits per heavy atom. The molecule has 0 aliphatic carbocycles. The van der Waals surface area contributed by atoms with E-state index in [2.05, 4.69) is 4.28 Å². The Balaban J connectivity index is 2.23. The number of hydrogen-bond donors (Lipinski definition) is 0. The lowest BCUT2D eigenvalue weighted by atomic mass is 10.2. The largest absolute Gasteiger partial charge is 0.748 e. The predicted octanol–water partition coefficient (Wildman–Crippen LogP) is 0.775. The Morgan fingerprint density at radius 1 is 1.46 bits per heavy atom. The van der Waals surface area contributed by atoms with Crippen LogP contribution in [0.4, 0.5) is 5.69 Å². The number of nitrogens with zero attached hydrogens (tertiary/aromatic N) is 1. The Labute approximate surface area is 78.6 Å². The molecule has 0 spiro atoms. The second-order valence-corrected chi connectivity index (χ2v) is 3.32. The Hall–Kier alpha value is -0.910. The molecule has 1 aliphatic rings. The van der Waals surface area contributed by atoms with Gasteiger partial charge in [-0.15, -0.1) is 0 Å². The molecule has 1 aliphatic heterocycles. The summed E-state index contributed by atoms with van der Waals surface area (Å²) < 4.78 is 25.2. The first-order valence-corrected chi connectivity index (χ1v) is 4.90. The molecule has 13 heavy (non-hydrogen) atoms. The van der Waals surface area contributed by atoms with E-state index in [0.29, 0.717) is 6.54 Å². The van der Waals surface area contributed by atoms with Crippen LogP contribution < -0.4 is 5.06 Å². The van der Waals surface area contributed by atoms with Gasteiger partial charge in [0.05, 0.1) is 12.2 Å². The molecule has 1 atom stereocenters. The molecule has 0 amide bonds. The number of benzene rings is 1. The molecule has 1 heterocycles. The molecule has 5 heteroatoms. The summed E-state index contributed by atoms with van der Waals surface area (Å²) in [6.07, 6.45) is 0.827. The molecule has 0 bridgehead atoms. The van der Waals surface area contributed by atoms with Gasteiger partial charge in [0.15, 0.2) is 0 Å². The van der Waals surface area contributed by atoms with E-state index in [0.717, 1.165) is 17.7 Å². The van der Waals surface area contributed by atoms with Crippen LogP contribution in [0.2, 0.25) is 0 Å². The van der Waals surface area contributed by atoms with Gasteiger partial charge in [0.25, 0.3) is 0 Å². The zero-order valence-corrected chi connectivity index (χ0v) is 7.62. The fourth-order valence-corrected chi connectivity index (χ4v) is 1.76. The third-order valence-electron chi connectivity index (χ3n) is 2.00. The van der Waals surface area contributed by atoms with Gasteiger partial charge in [0, 0.05) is 0 Å². The highest BCUT2D eigenvalue weighted by Gasteiger charge is 2.18. The summed E-state index contributed by atoms with van der Waals surface area (Å²) in [5.74, 6) is 0. The first-order chi connectivity index (χ1) is 6.27. The minimum atomic E-state index is -2.49. The molecular formula is C8H8NO3S-. The van der Waals surface area contributed by atoms with Gasteiger partial charge in [-0.2, -0.15) is 4.28 Å². The van der Waals surface area contributed by atoms with Crippen molar-refractivity contribution in [1.82, 2.24) is 0 Å². The first kappa shape index (κ1) is 8.68.